The summed E-state index contributed by atoms with van der Waals surface area (Å²) in [6, 6.07) is 15.8. The van der Waals surface area contributed by atoms with Crippen molar-refractivity contribution < 1.29 is 4.92 Å². The predicted octanol–water partition coefficient (Wildman–Crippen LogP) is 3.78. The molecule has 1 aliphatic rings. The Kier molecular flexibility index (Phi) is 5.46. The molecule has 1 heterocycles. The molecule has 2 aromatic rings. The lowest BCUT2D eigenvalue weighted by atomic mass is 10.0. The quantitative estimate of drug-likeness (QED) is 0.614. The van der Waals surface area contributed by atoms with Crippen LogP contribution in [0.4, 0.5) is 5.69 Å². The van der Waals surface area contributed by atoms with Crippen molar-refractivity contribution in [1.82, 2.24) is 9.80 Å². The Bertz CT molecular complexity index is 739. The van der Waals surface area contributed by atoms with Gasteiger partial charge in [0.15, 0.2) is 0 Å². The fraction of sp³-hybridized carbons (Fsp3) is 0.400. The molecular weight excluding hydrogens is 314 g/mol. The Morgan fingerprint density at radius 2 is 1.80 bits per heavy atom. The molecule has 0 spiro atoms. The van der Waals surface area contributed by atoms with Crippen molar-refractivity contribution in [2.75, 3.05) is 26.2 Å². The monoisotopic (exact) mass is 339 g/mol. The van der Waals surface area contributed by atoms with E-state index in [1.54, 1.807) is 18.2 Å². The molecule has 0 aromatic heterocycles. The van der Waals surface area contributed by atoms with E-state index in [1.165, 1.54) is 11.1 Å². The third-order valence-electron chi connectivity index (χ3n) is 5.17. The molecule has 3 rings (SSSR count). The van der Waals surface area contributed by atoms with Gasteiger partial charge in [-0.25, -0.2) is 0 Å². The molecule has 0 radical (unpaired) electrons. The van der Waals surface area contributed by atoms with Crippen molar-refractivity contribution in [3.8, 4) is 0 Å². The zero-order valence-electron chi connectivity index (χ0n) is 14.9. The van der Waals surface area contributed by atoms with Gasteiger partial charge in [-0.3, -0.25) is 19.9 Å². The molecule has 0 unspecified atom stereocenters. The summed E-state index contributed by atoms with van der Waals surface area (Å²) in [4.78, 5) is 15.6. The Morgan fingerprint density at radius 3 is 2.48 bits per heavy atom. The van der Waals surface area contributed by atoms with Crippen LogP contribution in [0.25, 0.3) is 0 Å². The fourth-order valence-electron chi connectivity index (χ4n) is 3.45. The average Bonchev–Trinajstić information content (AvgIpc) is 2.64. The third-order valence-corrected chi connectivity index (χ3v) is 5.17. The number of hydrogen-bond acceptors (Lipinski definition) is 4. The number of nitrogens with zero attached hydrogens (tertiary/aromatic N) is 3. The van der Waals surface area contributed by atoms with Crippen LogP contribution in [0.2, 0.25) is 0 Å². The van der Waals surface area contributed by atoms with Gasteiger partial charge < -0.3 is 0 Å². The molecule has 1 aliphatic heterocycles. The van der Waals surface area contributed by atoms with Gasteiger partial charge in [0.25, 0.3) is 5.69 Å². The molecule has 25 heavy (non-hydrogen) atoms. The fourth-order valence-corrected chi connectivity index (χ4v) is 3.45. The van der Waals surface area contributed by atoms with Crippen LogP contribution in [0, 0.1) is 17.0 Å². The number of benzene rings is 2. The van der Waals surface area contributed by atoms with E-state index >= 15 is 0 Å². The maximum Gasteiger partial charge on any atom is 0.269 e. The molecule has 5 nitrogen and oxygen atoms in total. The van der Waals surface area contributed by atoms with Crippen LogP contribution in [0.1, 0.15) is 29.7 Å². The van der Waals surface area contributed by atoms with Gasteiger partial charge in [-0.05, 0) is 30.5 Å². The molecule has 0 amide bonds. The van der Waals surface area contributed by atoms with Crippen LogP contribution >= 0.6 is 0 Å². The summed E-state index contributed by atoms with van der Waals surface area (Å²) >= 11 is 0. The van der Waals surface area contributed by atoms with Crippen LogP contribution in [0.15, 0.2) is 48.5 Å². The van der Waals surface area contributed by atoms with E-state index in [0.717, 1.165) is 38.3 Å². The molecule has 0 aliphatic carbocycles. The SMILES string of the molecule is Cc1ccccc1CN1CCN([C@@H](C)c2cccc([N+](=O)[O-])c2)CC1. The molecule has 5 heteroatoms. The van der Waals surface area contributed by atoms with Crippen LogP contribution < -0.4 is 0 Å². The van der Waals surface area contributed by atoms with Crippen LogP contribution in [0.3, 0.4) is 0 Å². The molecule has 132 valence electrons. The van der Waals surface area contributed by atoms with E-state index in [1.807, 2.05) is 6.07 Å². The Labute approximate surface area is 149 Å². The Hall–Kier alpha value is -2.24. The van der Waals surface area contributed by atoms with Crippen molar-refractivity contribution in [2.45, 2.75) is 26.4 Å². The van der Waals surface area contributed by atoms with E-state index in [0.29, 0.717) is 0 Å². The molecule has 1 saturated heterocycles. The summed E-state index contributed by atoms with van der Waals surface area (Å²) in [5.74, 6) is 0. The Balaban J connectivity index is 1.59. The van der Waals surface area contributed by atoms with Gasteiger partial charge in [0, 0.05) is 50.9 Å². The third kappa shape index (κ3) is 4.24. The van der Waals surface area contributed by atoms with E-state index in [9.17, 15) is 10.1 Å². The molecule has 2 aromatic carbocycles. The highest BCUT2D eigenvalue weighted by molar-refractivity contribution is 5.35. The summed E-state index contributed by atoms with van der Waals surface area (Å²) in [6.45, 7) is 9.30. The van der Waals surface area contributed by atoms with Crippen molar-refractivity contribution in [1.29, 1.82) is 0 Å². The van der Waals surface area contributed by atoms with E-state index < -0.39 is 0 Å². The number of aryl methyl sites for hydroxylation is 1. The topological polar surface area (TPSA) is 49.6 Å². The van der Waals surface area contributed by atoms with Gasteiger partial charge in [0.2, 0.25) is 0 Å². The first-order valence-electron chi connectivity index (χ1n) is 8.80. The zero-order valence-corrected chi connectivity index (χ0v) is 14.9. The number of non-ortho nitro benzene ring substituents is 1. The molecule has 0 saturated carbocycles. The smallest absolute Gasteiger partial charge is 0.269 e. The minimum atomic E-state index is -0.323. The standard InChI is InChI=1S/C20H25N3O2/c1-16-6-3-4-7-19(16)15-21-10-12-22(13-11-21)17(2)18-8-5-9-20(14-18)23(24)25/h3-9,14,17H,10-13,15H2,1-2H3/t17-/m0/s1. The van der Waals surface area contributed by atoms with Crippen LogP contribution in [-0.2, 0) is 6.54 Å². The van der Waals surface area contributed by atoms with Gasteiger partial charge >= 0.3 is 0 Å². The highest BCUT2D eigenvalue weighted by atomic mass is 16.6. The highest BCUT2D eigenvalue weighted by Crippen LogP contribution is 2.25. The lowest BCUT2D eigenvalue weighted by Crippen LogP contribution is -2.46. The normalized spacial score (nSPS) is 17.4. The number of nitro groups is 1. The first-order valence-corrected chi connectivity index (χ1v) is 8.80. The second-order valence-corrected chi connectivity index (χ2v) is 6.77. The molecule has 1 fully saturated rings. The largest absolute Gasteiger partial charge is 0.297 e. The molecule has 0 N–H and O–H groups in total. The minimum absolute atomic E-state index is 0.169. The van der Waals surface area contributed by atoms with Crippen molar-refractivity contribution >= 4 is 5.69 Å². The molecular formula is C20H25N3O2. The Morgan fingerprint density at radius 1 is 1.08 bits per heavy atom. The summed E-state index contributed by atoms with van der Waals surface area (Å²) in [6.07, 6.45) is 0. The number of nitro benzene ring substituents is 1. The zero-order chi connectivity index (χ0) is 17.8. The summed E-state index contributed by atoms with van der Waals surface area (Å²) in [5.41, 5.74) is 3.92. The van der Waals surface area contributed by atoms with Crippen LogP contribution in [-0.4, -0.2) is 40.9 Å². The van der Waals surface area contributed by atoms with E-state index in [4.69, 9.17) is 0 Å². The van der Waals surface area contributed by atoms with Gasteiger partial charge in [-0.15, -0.1) is 0 Å². The van der Waals surface area contributed by atoms with Crippen molar-refractivity contribution in [3.63, 3.8) is 0 Å². The molecule has 0 bridgehead atoms. The number of hydrogen-bond donors (Lipinski definition) is 0. The highest BCUT2D eigenvalue weighted by Gasteiger charge is 2.23. The predicted molar refractivity (Wildman–Crippen MR) is 99.5 cm³/mol. The second-order valence-electron chi connectivity index (χ2n) is 6.77. The lowest BCUT2D eigenvalue weighted by molar-refractivity contribution is -0.385. The van der Waals surface area contributed by atoms with Gasteiger partial charge in [0.1, 0.15) is 0 Å². The van der Waals surface area contributed by atoms with Crippen molar-refractivity contribution in [3.05, 3.63) is 75.3 Å². The number of piperazine rings is 1. The second kappa shape index (κ2) is 7.76. The van der Waals surface area contributed by atoms with Gasteiger partial charge in [-0.1, -0.05) is 36.4 Å². The molecule has 1 atom stereocenters. The van der Waals surface area contributed by atoms with Gasteiger partial charge in [-0.2, -0.15) is 0 Å². The summed E-state index contributed by atoms with van der Waals surface area (Å²) < 4.78 is 0. The summed E-state index contributed by atoms with van der Waals surface area (Å²) in [7, 11) is 0. The first-order chi connectivity index (χ1) is 12.0. The first kappa shape index (κ1) is 17.6. The maximum absolute atomic E-state index is 11.0. The summed E-state index contributed by atoms with van der Waals surface area (Å²) in [5, 5.41) is 11.0. The minimum Gasteiger partial charge on any atom is -0.297 e. The average molecular weight is 339 g/mol. The van der Waals surface area contributed by atoms with E-state index in [2.05, 4.69) is 47.9 Å². The van der Waals surface area contributed by atoms with Gasteiger partial charge in [0.05, 0.1) is 4.92 Å². The van der Waals surface area contributed by atoms with Crippen LogP contribution in [0.5, 0.6) is 0 Å². The van der Waals surface area contributed by atoms with Crippen molar-refractivity contribution in [2.24, 2.45) is 0 Å². The maximum atomic E-state index is 11.0. The van der Waals surface area contributed by atoms with E-state index in [-0.39, 0.29) is 16.7 Å². The number of rotatable bonds is 5. The lowest BCUT2D eigenvalue weighted by Gasteiger charge is -2.38.